The van der Waals surface area contributed by atoms with Gasteiger partial charge in [-0.15, -0.1) is 0 Å². The van der Waals surface area contributed by atoms with E-state index >= 15 is 0 Å². The maximum atomic E-state index is 5.49. The van der Waals surface area contributed by atoms with Crippen LogP contribution in [0.3, 0.4) is 0 Å². The molecule has 1 aliphatic heterocycles. The van der Waals surface area contributed by atoms with Crippen LogP contribution in [0.15, 0.2) is 12.3 Å². The van der Waals surface area contributed by atoms with Crippen LogP contribution in [0.5, 0.6) is 11.5 Å². The average Bonchev–Trinajstić information content (AvgIpc) is 2.47. The number of morpholine rings is 1. The summed E-state index contributed by atoms with van der Waals surface area (Å²) in [5, 5.41) is 0.888. The van der Waals surface area contributed by atoms with Crippen LogP contribution in [0, 0.1) is 0 Å². The van der Waals surface area contributed by atoms with Crippen molar-refractivity contribution < 1.29 is 14.2 Å². The molecule has 0 amide bonds. The summed E-state index contributed by atoms with van der Waals surface area (Å²) in [7, 11) is 3.28. The molecule has 0 spiro atoms. The molecule has 1 fully saturated rings. The Kier molecular flexibility index (Phi) is 5.42. The summed E-state index contributed by atoms with van der Waals surface area (Å²) in [4.78, 5) is 6.77. The molecule has 1 aromatic heterocycles. The van der Waals surface area contributed by atoms with Gasteiger partial charge in [-0.05, 0) is 0 Å². The van der Waals surface area contributed by atoms with E-state index in [9.17, 15) is 0 Å². The van der Waals surface area contributed by atoms with Gasteiger partial charge in [0.25, 0.3) is 0 Å². The minimum Gasteiger partial charge on any atom is -0.493 e. The Morgan fingerprint density at radius 1 is 1.47 bits per heavy atom. The van der Waals surface area contributed by atoms with Gasteiger partial charge >= 0.3 is 0 Å². The number of aromatic nitrogens is 1. The highest BCUT2D eigenvalue weighted by Gasteiger charge is 2.24. The topological polar surface area (TPSA) is 43.8 Å². The van der Waals surface area contributed by atoms with Crippen molar-refractivity contribution in [3.8, 4) is 11.5 Å². The standard InChI is InChI=1S/C13H19BrN2O3/c1-17-12-3-4-15-11(13(12)18-2)8-16-5-6-19-9-10(16)7-14/h3-4,10H,5-9H2,1-2H3. The van der Waals surface area contributed by atoms with Gasteiger partial charge in [0.2, 0.25) is 0 Å². The summed E-state index contributed by atoms with van der Waals surface area (Å²) in [6.07, 6.45) is 1.75. The van der Waals surface area contributed by atoms with Gasteiger partial charge in [-0.2, -0.15) is 0 Å². The number of hydrogen-bond acceptors (Lipinski definition) is 5. The Balaban J connectivity index is 2.17. The molecule has 0 saturated carbocycles. The van der Waals surface area contributed by atoms with Crippen molar-refractivity contribution in [2.75, 3.05) is 39.3 Å². The molecule has 1 saturated heterocycles. The zero-order valence-electron chi connectivity index (χ0n) is 11.3. The number of nitrogens with zero attached hydrogens (tertiary/aromatic N) is 2. The summed E-state index contributed by atoms with van der Waals surface area (Å²) in [5.41, 5.74) is 0.898. The smallest absolute Gasteiger partial charge is 0.183 e. The van der Waals surface area contributed by atoms with Gasteiger partial charge in [0.15, 0.2) is 11.5 Å². The largest absolute Gasteiger partial charge is 0.493 e. The molecule has 2 heterocycles. The molecule has 0 N–H and O–H groups in total. The second kappa shape index (κ2) is 7.07. The van der Waals surface area contributed by atoms with Gasteiger partial charge in [0.05, 0.1) is 27.4 Å². The van der Waals surface area contributed by atoms with Crippen molar-refractivity contribution >= 4 is 15.9 Å². The predicted octanol–water partition coefficient (Wildman–Crippen LogP) is 1.69. The lowest BCUT2D eigenvalue weighted by Crippen LogP contribution is -2.46. The van der Waals surface area contributed by atoms with E-state index < -0.39 is 0 Å². The fourth-order valence-electron chi connectivity index (χ4n) is 2.20. The number of hydrogen-bond donors (Lipinski definition) is 0. The van der Waals surface area contributed by atoms with Gasteiger partial charge < -0.3 is 14.2 Å². The Bertz CT molecular complexity index is 417. The third kappa shape index (κ3) is 3.38. The first-order valence-corrected chi connectivity index (χ1v) is 7.36. The predicted molar refractivity (Wildman–Crippen MR) is 76.2 cm³/mol. The summed E-state index contributed by atoms with van der Waals surface area (Å²) < 4.78 is 16.2. The highest BCUT2D eigenvalue weighted by Crippen LogP contribution is 2.30. The van der Waals surface area contributed by atoms with E-state index in [-0.39, 0.29) is 0 Å². The molecule has 5 nitrogen and oxygen atoms in total. The normalized spacial score (nSPS) is 20.3. The molecular formula is C13H19BrN2O3. The first-order chi connectivity index (χ1) is 9.30. The zero-order chi connectivity index (χ0) is 13.7. The number of rotatable bonds is 5. The summed E-state index contributed by atoms with van der Waals surface area (Å²) in [6, 6.07) is 2.18. The van der Waals surface area contributed by atoms with Crippen molar-refractivity contribution in [3.05, 3.63) is 18.0 Å². The molecule has 0 bridgehead atoms. The van der Waals surface area contributed by atoms with Crippen LogP contribution in [0.2, 0.25) is 0 Å². The number of methoxy groups -OCH3 is 2. The van der Waals surface area contributed by atoms with Crippen molar-refractivity contribution in [3.63, 3.8) is 0 Å². The average molecular weight is 331 g/mol. The Hall–Kier alpha value is -0.850. The molecule has 0 aliphatic carbocycles. The molecule has 0 radical (unpaired) electrons. The third-order valence-electron chi connectivity index (χ3n) is 3.25. The van der Waals surface area contributed by atoms with Crippen LogP contribution >= 0.6 is 15.9 Å². The zero-order valence-corrected chi connectivity index (χ0v) is 12.9. The Morgan fingerprint density at radius 2 is 2.32 bits per heavy atom. The second-order valence-electron chi connectivity index (χ2n) is 4.35. The SMILES string of the molecule is COc1ccnc(CN2CCOCC2CBr)c1OC. The van der Waals surface area contributed by atoms with Crippen LogP contribution < -0.4 is 9.47 Å². The van der Waals surface area contributed by atoms with Gasteiger partial charge in [-0.1, -0.05) is 15.9 Å². The Morgan fingerprint density at radius 3 is 3.00 bits per heavy atom. The van der Waals surface area contributed by atoms with Crippen LogP contribution in [0.1, 0.15) is 5.69 Å². The fraction of sp³-hybridized carbons (Fsp3) is 0.615. The first kappa shape index (κ1) is 14.6. The highest BCUT2D eigenvalue weighted by atomic mass is 79.9. The van der Waals surface area contributed by atoms with Crippen LogP contribution in [-0.2, 0) is 11.3 Å². The maximum Gasteiger partial charge on any atom is 0.183 e. The van der Waals surface area contributed by atoms with Crippen molar-refractivity contribution in [1.29, 1.82) is 0 Å². The Labute approximate surface area is 122 Å². The second-order valence-corrected chi connectivity index (χ2v) is 4.99. The summed E-state index contributed by atoms with van der Waals surface area (Å²) in [5.74, 6) is 1.43. The van der Waals surface area contributed by atoms with Crippen LogP contribution in [0.4, 0.5) is 0 Å². The lowest BCUT2D eigenvalue weighted by Gasteiger charge is -2.34. The fourth-order valence-corrected chi connectivity index (χ4v) is 2.79. The number of alkyl halides is 1. The minimum atomic E-state index is 0.367. The third-order valence-corrected chi connectivity index (χ3v) is 3.99. The first-order valence-electron chi connectivity index (χ1n) is 6.23. The monoisotopic (exact) mass is 330 g/mol. The van der Waals surface area contributed by atoms with E-state index in [0.29, 0.717) is 11.8 Å². The lowest BCUT2D eigenvalue weighted by atomic mass is 10.2. The van der Waals surface area contributed by atoms with E-state index in [0.717, 1.165) is 43.1 Å². The van der Waals surface area contributed by atoms with Crippen LogP contribution in [0.25, 0.3) is 0 Å². The molecule has 1 aliphatic rings. The molecule has 1 unspecified atom stereocenters. The van der Waals surface area contributed by atoms with Gasteiger partial charge in [0, 0.05) is 36.7 Å². The van der Waals surface area contributed by atoms with E-state index in [1.807, 2.05) is 6.07 Å². The van der Waals surface area contributed by atoms with Gasteiger partial charge in [0.1, 0.15) is 5.69 Å². The minimum absolute atomic E-state index is 0.367. The van der Waals surface area contributed by atoms with Crippen LogP contribution in [-0.4, -0.2) is 55.2 Å². The molecule has 1 aromatic rings. The maximum absolute atomic E-state index is 5.49. The van der Waals surface area contributed by atoms with Crippen molar-refractivity contribution in [2.24, 2.45) is 0 Å². The molecular weight excluding hydrogens is 312 g/mol. The highest BCUT2D eigenvalue weighted by molar-refractivity contribution is 9.09. The lowest BCUT2D eigenvalue weighted by molar-refractivity contribution is -0.00300. The molecule has 6 heteroatoms. The van der Waals surface area contributed by atoms with Gasteiger partial charge in [-0.3, -0.25) is 9.88 Å². The summed E-state index contributed by atoms with van der Waals surface area (Å²) >= 11 is 3.53. The molecule has 0 aromatic carbocycles. The van der Waals surface area contributed by atoms with E-state index in [4.69, 9.17) is 14.2 Å². The number of halogens is 1. The van der Waals surface area contributed by atoms with E-state index in [1.165, 1.54) is 0 Å². The quantitative estimate of drug-likeness (QED) is 0.769. The summed E-state index contributed by atoms with van der Waals surface area (Å²) in [6.45, 7) is 3.14. The molecule has 2 rings (SSSR count). The number of ether oxygens (including phenoxy) is 3. The van der Waals surface area contributed by atoms with E-state index in [2.05, 4.69) is 25.8 Å². The molecule has 106 valence electrons. The van der Waals surface area contributed by atoms with E-state index in [1.54, 1.807) is 20.4 Å². The molecule has 1 atom stereocenters. The van der Waals surface area contributed by atoms with Gasteiger partial charge in [-0.25, -0.2) is 0 Å². The van der Waals surface area contributed by atoms with Crippen molar-refractivity contribution in [1.82, 2.24) is 9.88 Å². The van der Waals surface area contributed by atoms with Crippen molar-refractivity contribution in [2.45, 2.75) is 12.6 Å². The molecule has 19 heavy (non-hydrogen) atoms. The number of pyridine rings is 1.